The van der Waals surface area contributed by atoms with Crippen molar-refractivity contribution in [3.8, 4) is 0 Å². The number of carbonyl (C=O) groups excluding carboxylic acids is 2. The molecule has 2 aliphatic heterocycles. The normalized spacial score (nSPS) is 21.4. The maximum Gasteiger partial charge on any atom is 0.243 e. The molecule has 0 radical (unpaired) electrons. The first-order valence-electron chi connectivity index (χ1n) is 10.3. The number of benzene rings is 1. The van der Waals surface area contributed by atoms with E-state index in [0.29, 0.717) is 39.3 Å². The van der Waals surface area contributed by atoms with E-state index in [1.807, 2.05) is 20.8 Å². The zero-order valence-corrected chi connectivity index (χ0v) is 18.3. The molecule has 2 fully saturated rings. The molecule has 0 aromatic heterocycles. The summed E-state index contributed by atoms with van der Waals surface area (Å²) >= 11 is 0. The molecule has 1 atom stereocenters. The van der Waals surface area contributed by atoms with Crippen molar-refractivity contribution >= 4 is 21.8 Å². The van der Waals surface area contributed by atoms with E-state index in [2.05, 4.69) is 0 Å². The number of likely N-dealkylation sites (tertiary alicyclic amines) is 1. The smallest absolute Gasteiger partial charge is 0.243 e. The fraction of sp³-hybridized carbons (Fsp3) is 0.619. The highest BCUT2D eigenvalue weighted by molar-refractivity contribution is 7.89. The second-order valence-corrected chi connectivity index (χ2v) is 10.3. The highest BCUT2D eigenvalue weighted by atomic mass is 32.2. The highest BCUT2D eigenvalue weighted by Gasteiger charge is 2.35. The average Bonchev–Trinajstić information content (AvgIpc) is 2.73. The molecule has 0 bridgehead atoms. The van der Waals surface area contributed by atoms with E-state index in [4.69, 9.17) is 0 Å². The third-order valence-electron chi connectivity index (χ3n) is 5.79. The minimum Gasteiger partial charge on any atom is -0.342 e. The van der Waals surface area contributed by atoms with Gasteiger partial charge >= 0.3 is 0 Å². The van der Waals surface area contributed by atoms with Crippen molar-refractivity contribution in [1.29, 1.82) is 0 Å². The molecular formula is C21H31N3O4S. The van der Waals surface area contributed by atoms with Crippen LogP contribution in [0.1, 0.15) is 32.3 Å². The van der Waals surface area contributed by atoms with Crippen LogP contribution in [0.25, 0.3) is 0 Å². The molecule has 2 aliphatic rings. The van der Waals surface area contributed by atoms with Crippen LogP contribution in [0, 0.1) is 18.8 Å². The van der Waals surface area contributed by atoms with E-state index < -0.39 is 10.0 Å². The number of rotatable bonds is 4. The lowest BCUT2D eigenvalue weighted by atomic mass is 9.95. The van der Waals surface area contributed by atoms with Crippen molar-refractivity contribution in [3.05, 3.63) is 29.8 Å². The molecule has 8 heteroatoms. The number of piperazine rings is 1. The van der Waals surface area contributed by atoms with Crippen LogP contribution in [-0.4, -0.2) is 73.6 Å². The van der Waals surface area contributed by atoms with Crippen molar-refractivity contribution in [2.24, 2.45) is 11.8 Å². The maximum absolute atomic E-state index is 13.0. The molecular weight excluding hydrogens is 390 g/mol. The van der Waals surface area contributed by atoms with Crippen molar-refractivity contribution in [2.45, 2.75) is 38.5 Å². The predicted molar refractivity (Wildman–Crippen MR) is 111 cm³/mol. The van der Waals surface area contributed by atoms with Gasteiger partial charge in [-0.1, -0.05) is 31.5 Å². The topological polar surface area (TPSA) is 78.0 Å². The summed E-state index contributed by atoms with van der Waals surface area (Å²) in [6.45, 7) is 8.22. The number of carbonyl (C=O) groups is 2. The number of hydrogen-bond donors (Lipinski definition) is 0. The van der Waals surface area contributed by atoms with Gasteiger partial charge in [0, 0.05) is 45.2 Å². The number of aryl methyl sites for hydroxylation is 1. The third-order valence-corrected chi connectivity index (χ3v) is 7.70. The number of nitrogens with zero attached hydrogens (tertiary/aromatic N) is 3. The summed E-state index contributed by atoms with van der Waals surface area (Å²) in [4.78, 5) is 29.1. The van der Waals surface area contributed by atoms with Gasteiger partial charge in [-0.2, -0.15) is 4.31 Å². The van der Waals surface area contributed by atoms with Gasteiger partial charge in [-0.25, -0.2) is 8.42 Å². The van der Waals surface area contributed by atoms with Gasteiger partial charge < -0.3 is 9.80 Å². The predicted octanol–water partition coefficient (Wildman–Crippen LogP) is 1.72. The van der Waals surface area contributed by atoms with E-state index >= 15 is 0 Å². The quantitative estimate of drug-likeness (QED) is 0.742. The van der Waals surface area contributed by atoms with Crippen molar-refractivity contribution in [1.82, 2.24) is 14.1 Å². The first kappa shape index (κ1) is 21.8. The monoisotopic (exact) mass is 421 g/mol. The molecule has 3 rings (SSSR count). The van der Waals surface area contributed by atoms with Gasteiger partial charge in [0.2, 0.25) is 21.8 Å². The summed E-state index contributed by atoms with van der Waals surface area (Å²) in [6, 6.07) is 6.84. The van der Waals surface area contributed by atoms with Crippen LogP contribution >= 0.6 is 0 Å². The molecule has 1 unspecified atom stereocenters. The molecule has 29 heavy (non-hydrogen) atoms. The molecule has 0 aliphatic carbocycles. The van der Waals surface area contributed by atoms with Crippen molar-refractivity contribution in [2.75, 3.05) is 39.3 Å². The minimum absolute atomic E-state index is 0.0404. The van der Waals surface area contributed by atoms with Crippen LogP contribution in [0.5, 0.6) is 0 Å². The zero-order chi connectivity index (χ0) is 21.2. The van der Waals surface area contributed by atoms with Gasteiger partial charge in [-0.15, -0.1) is 0 Å². The first-order chi connectivity index (χ1) is 13.7. The summed E-state index contributed by atoms with van der Waals surface area (Å²) in [6.07, 6.45) is 1.61. The van der Waals surface area contributed by atoms with Gasteiger partial charge in [0.1, 0.15) is 0 Å². The van der Waals surface area contributed by atoms with Gasteiger partial charge in [0.05, 0.1) is 10.8 Å². The SMILES string of the molecule is Cc1ccc(S(=O)(=O)N2CCN(C(=O)C3CCCN(C(=O)C(C)C)C3)CC2)cc1. The Labute approximate surface area is 173 Å². The number of piperidine rings is 1. The molecule has 0 saturated carbocycles. The Bertz CT molecular complexity index is 843. The van der Waals surface area contributed by atoms with E-state index in [0.717, 1.165) is 18.4 Å². The number of amides is 2. The first-order valence-corrected chi connectivity index (χ1v) is 11.8. The largest absolute Gasteiger partial charge is 0.342 e. The van der Waals surface area contributed by atoms with E-state index in [9.17, 15) is 18.0 Å². The Morgan fingerprint density at radius 2 is 1.59 bits per heavy atom. The molecule has 2 amide bonds. The van der Waals surface area contributed by atoms with E-state index in [1.54, 1.807) is 34.1 Å². The Hall–Kier alpha value is -1.93. The lowest BCUT2D eigenvalue weighted by Crippen LogP contribution is -2.54. The molecule has 160 valence electrons. The van der Waals surface area contributed by atoms with Gasteiger partial charge in [-0.05, 0) is 31.9 Å². The molecule has 2 heterocycles. The lowest BCUT2D eigenvalue weighted by Gasteiger charge is -2.39. The Morgan fingerprint density at radius 1 is 0.966 bits per heavy atom. The van der Waals surface area contributed by atoms with Crippen LogP contribution < -0.4 is 0 Å². The summed E-state index contributed by atoms with van der Waals surface area (Å²) < 4.78 is 27.1. The Morgan fingerprint density at radius 3 is 2.17 bits per heavy atom. The molecule has 0 N–H and O–H groups in total. The zero-order valence-electron chi connectivity index (χ0n) is 17.5. The number of sulfonamides is 1. The average molecular weight is 422 g/mol. The van der Waals surface area contributed by atoms with Crippen LogP contribution in [-0.2, 0) is 19.6 Å². The maximum atomic E-state index is 13.0. The van der Waals surface area contributed by atoms with E-state index in [-0.39, 0.29) is 28.5 Å². The fourth-order valence-electron chi connectivity index (χ4n) is 4.01. The summed E-state index contributed by atoms with van der Waals surface area (Å²) in [5, 5.41) is 0. The standard InChI is InChI=1S/C21H31N3O4S/c1-16(2)20(25)23-10-4-5-18(15-23)21(26)22-11-13-24(14-12-22)29(27,28)19-8-6-17(3)7-9-19/h6-9,16,18H,4-5,10-15H2,1-3H3. The van der Waals surface area contributed by atoms with Crippen LogP contribution in [0.4, 0.5) is 0 Å². The van der Waals surface area contributed by atoms with E-state index in [1.165, 1.54) is 4.31 Å². The highest BCUT2D eigenvalue weighted by Crippen LogP contribution is 2.23. The van der Waals surface area contributed by atoms with Crippen molar-refractivity contribution < 1.29 is 18.0 Å². The molecule has 0 spiro atoms. The van der Waals surface area contributed by atoms with Crippen LogP contribution in [0.2, 0.25) is 0 Å². The Kier molecular flexibility index (Phi) is 6.63. The third kappa shape index (κ3) is 4.80. The van der Waals surface area contributed by atoms with Crippen LogP contribution in [0.15, 0.2) is 29.2 Å². The Balaban J connectivity index is 1.59. The summed E-state index contributed by atoms with van der Waals surface area (Å²) in [5.41, 5.74) is 1.01. The van der Waals surface area contributed by atoms with Gasteiger partial charge in [-0.3, -0.25) is 9.59 Å². The summed E-state index contributed by atoms with van der Waals surface area (Å²) in [7, 11) is -3.54. The second kappa shape index (κ2) is 8.83. The lowest BCUT2D eigenvalue weighted by molar-refractivity contribution is -0.143. The second-order valence-electron chi connectivity index (χ2n) is 8.32. The fourth-order valence-corrected chi connectivity index (χ4v) is 5.43. The van der Waals surface area contributed by atoms with Gasteiger partial charge in [0.15, 0.2) is 0 Å². The van der Waals surface area contributed by atoms with Gasteiger partial charge in [0.25, 0.3) is 0 Å². The molecule has 7 nitrogen and oxygen atoms in total. The number of hydrogen-bond acceptors (Lipinski definition) is 4. The molecule has 1 aromatic carbocycles. The molecule has 1 aromatic rings. The van der Waals surface area contributed by atoms with Crippen LogP contribution in [0.3, 0.4) is 0 Å². The summed E-state index contributed by atoms with van der Waals surface area (Å²) in [5.74, 6) is -0.124. The molecule has 2 saturated heterocycles. The minimum atomic E-state index is -3.54. The van der Waals surface area contributed by atoms with Crippen molar-refractivity contribution in [3.63, 3.8) is 0 Å².